The van der Waals surface area contributed by atoms with Crippen LogP contribution in [0.25, 0.3) is 0 Å². The molecule has 1 aromatic carbocycles. The maximum absolute atomic E-state index is 10.5. The molecule has 0 aliphatic carbocycles. The quantitative estimate of drug-likeness (QED) is 0.380. The molecule has 0 saturated carbocycles. The van der Waals surface area contributed by atoms with Crippen molar-refractivity contribution < 1.29 is 47.6 Å². The normalized spacial score (nSPS) is 14.9. The van der Waals surface area contributed by atoms with Crippen molar-refractivity contribution in [2.45, 2.75) is 17.2 Å². The predicted octanol–water partition coefficient (Wildman–Crippen LogP) is -2.30. The molecule has 2 unspecified atom stereocenters. The van der Waals surface area contributed by atoms with Crippen LogP contribution in [-0.2, 0) is 16.5 Å². The van der Waals surface area contributed by atoms with Crippen molar-refractivity contribution in [3.05, 3.63) is 35.9 Å². The summed E-state index contributed by atoms with van der Waals surface area (Å²) in [5.74, 6) is 0. The van der Waals surface area contributed by atoms with Gasteiger partial charge in [-0.05, 0) is 12.0 Å². The molecule has 0 fully saturated rings. The van der Waals surface area contributed by atoms with Crippen molar-refractivity contribution in [3.8, 4) is 0 Å². The second kappa shape index (κ2) is 6.96. The number of hydrogen-bond donors (Lipinski definition) is 1. The first-order chi connectivity index (χ1) is 6.91. The summed E-state index contributed by atoms with van der Waals surface area (Å²) in [4.78, 5) is 0. The van der Waals surface area contributed by atoms with E-state index in [1.54, 1.807) is 30.3 Å². The number of halogens is 1. The Bertz CT molecular complexity index is 409. The van der Waals surface area contributed by atoms with Crippen molar-refractivity contribution in [1.29, 1.82) is 0 Å². The minimum absolute atomic E-state index is 0. The Balaban J connectivity index is 0.00000225. The second-order valence-corrected chi connectivity index (χ2v) is 5.12. The number of benzene rings is 1. The van der Waals surface area contributed by atoms with E-state index in [0.29, 0.717) is 0 Å². The predicted molar refractivity (Wildman–Crippen MR) is 55.5 cm³/mol. The monoisotopic (exact) mass is 272 g/mol. The molecular formula is C9H10ClNaO4S. The molecule has 0 aliphatic rings. The van der Waals surface area contributed by atoms with Gasteiger partial charge in [-0.25, -0.2) is 8.42 Å². The van der Waals surface area contributed by atoms with Crippen molar-refractivity contribution in [2.24, 2.45) is 0 Å². The first-order valence-corrected chi connectivity index (χ1v) is 6.13. The maximum atomic E-state index is 10.5. The number of hydrogen-bond acceptors (Lipinski definition) is 4. The van der Waals surface area contributed by atoms with Crippen LogP contribution >= 0.6 is 11.6 Å². The standard InChI is InChI=1S/C9H11ClO4S.Na/c10-8(9(11)15(12,13)14)6-7-4-2-1-3-5-7;/h1-5,8-9,11H,6H2,(H,12,13,14);/q;+1/p-1. The fraction of sp³-hybridized carbons (Fsp3) is 0.333. The van der Waals surface area contributed by atoms with E-state index >= 15 is 0 Å². The average molecular weight is 273 g/mol. The van der Waals surface area contributed by atoms with Crippen LogP contribution in [0.5, 0.6) is 0 Å². The van der Waals surface area contributed by atoms with Crippen LogP contribution < -0.4 is 29.6 Å². The number of aliphatic hydroxyl groups is 1. The van der Waals surface area contributed by atoms with E-state index in [9.17, 15) is 13.0 Å². The zero-order valence-electron chi connectivity index (χ0n) is 8.71. The van der Waals surface area contributed by atoms with Crippen LogP contribution in [0.15, 0.2) is 30.3 Å². The molecule has 0 aromatic heterocycles. The van der Waals surface area contributed by atoms with Gasteiger partial charge in [0.05, 0.1) is 5.38 Å². The van der Waals surface area contributed by atoms with E-state index in [1.807, 2.05) is 0 Å². The molecule has 0 saturated heterocycles. The smallest absolute Gasteiger partial charge is 0.746 e. The molecule has 0 radical (unpaired) electrons. The Morgan fingerprint density at radius 2 is 1.81 bits per heavy atom. The molecule has 7 heteroatoms. The van der Waals surface area contributed by atoms with Gasteiger partial charge in [0.1, 0.15) is 10.1 Å². The second-order valence-electron chi connectivity index (χ2n) is 3.09. The zero-order valence-corrected chi connectivity index (χ0v) is 12.3. The summed E-state index contributed by atoms with van der Waals surface area (Å²) in [5.41, 5.74) is -1.31. The van der Waals surface area contributed by atoms with Gasteiger partial charge in [-0.15, -0.1) is 11.6 Å². The molecule has 0 spiro atoms. The van der Waals surface area contributed by atoms with Gasteiger partial charge < -0.3 is 9.66 Å². The van der Waals surface area contributed by atoms with Crippen LogP contribution in [0, 0.1) is 0 Å². The molecule has 1 aromatic rings. The molecule has 16 heavy (non-hydrogen) atoms. The summed E-state index contributed by atoms with van der Waals surface area (Å²) in [6.07, 6.45) is 0.130. The Labute approximate surface area is 122 Å². The van der Waals surface area contributed by atoms with E-state index in [0.717, 1.165) is 5.56 Å². The largest absolute Gasteiger partial charge is 1.00 e. The van der Waals surface area contributed by atoms with Crippen molar-refractivity contribution in [1.82, 2.24) is 0 Å². The Morgan fingerprint density at radius 3 is 2.25 bits per heavy atom. The first-order valence-electron chi connectivity index (χ1n) is 4.22. The van der Waals surface area contributed by atoms with Crippen LogP contribution in [0.3, 0.4) is 0 Å². The third kappa shape index (κ3) is 5.14. The van der Waals surface area contributed by atoms with Gasteiger partial charge in [0.2, 0.25) is 0 Å². The summed E-state index contributed by atoms with van der Waals surface area (Å²) >= 11 is 5.62. The van der Waals surface area contributed by atoms with Crippen molar-refractivity contribution in [2.75, 3.05) is 0 Å². The molecule has 0 bridgehead atoms. The maximum Gasteiger partial charge on any atom is 1.00 e. The Kier molecular flexibility index (Phi) is 7.12. The summed E-state index contributed by atoms with van der Waals surface area (Å²) in [6, 6.07) is 8.79. The van der Waals surface area contributed by atoms with Gasteiger partial charge in [0, 0.05) is 0 Å². The zero-order chi connectivity index (χ0) is 11.5. The molecular weight excluding hydrogens is 263 g/mol. The summed E-state index contributed by atoms with van der Waals surface area (Å²) in [6.45, 7) is 0. The van der Waals surface area contributed by atoms with E-state index in [-0.39, 0.29) is 36.0 Å². The van der Waals surface area contributed by atoms with E-state index in [4.69, 9.17) is 16.7 Å². The average Bonchev–Trinajstić information content (AvgIpc) is 2.16. The van der Waals surface area contributed by atoms with Gasteiger partial charge >= 0.3 is 29.6 Å². The van der Waals surface area contributed by atoms with E-state index in [1.165, 1.54) is 0 Å². The molecule has 1 rings (SSSR count). The van der Waals surface area contributed by atoms with Gasteiger partial charge in [0.15, 0.2) is 5.44 Å². The van der Waals surface area contributed by atoms with Crippen molar-refractivity contribution >= 4 is 21.7 Å². The van der Waals surface area contributed by atoms with Crippen LogP contribution in [-0.4, -0.2) is 28.9 Å². The van der Waals surface area contributed by atoms with Crippen molar-refractivity contribution in [3.63, 3.8) is 0 Å². The number of rotatable bonds is 4. The summed E-state index contributed by atoms with van der Waals surface area (Å²) in [5, 5.41) is 7.95. The van der Waals surface area contributed by atoms with Gasteiger partial charge in [-0.3, -0.25) is 0 Å². The molecule has 0 amide bonds. The van der Waals surface area contributed by atoms with Crippen LogP contribution in [0.1, 0.15) is 5.56 Å². The van der Waals surface area contributed by atoms with E-state index in [2.05, 4.69) is 0 Å². The Morgan fingerprint density at radius 1 is 1.31 bits per heavy atom. The van der Waals surface area contributed by atoms with Crippen LogP contribution in [0.2, 0.25) is 0 Å². The molecule has 4 nitrogen and oxygen atoms in total. The number of aliphatic hydroxyl groups excluding tert-OH is 1. The molecule has 1 N–H and O–H groups in total. The minimum atomic E-state index is -4.75. The third-order valence-electron chi connectivity index (χ3n) is 1.88. The van der Waals surface area contributed by atoms with Gasteiger partial charge in [0.25, 0.3) is 0 Å². The topological polar surface area (TPSA) is 77.4 Å². The van der Waals surface area contributed by atoms with E-state index < -0.39 is 20.9 Å². The fourth-order valence-electron chi connectivity index (χ4n) is 1.12. The SMILES string of the molecule is O=S(=O)([O-])C(O)C(Cl)Cc1ccccc1.[Na+]. The molecule has 0 heterocycles. The van der Waals surface area contributed by atoms with Gasteiger partial charge in [-0.2, -0.15) is 0 Å². The first kappa shape index (κ1) is 16.4. The molecule has 84 valence electrons. The summed E-state index contributed by atoms with van der Waals surface area (Å²) in [7, 11) is -4.75. The molecule has 2 atom stereocenters. The van der Waals surface area contributed by atoms with Gasteiger partial charge in [-0.1, -0.05) is 30.3 Å². The van der Waals surface area contributed by atoms with Crippen LogP contribution in [0.4, 0.5) is 0 Å². The Hall–Kier alpha value is 0.380. The third-order valence-corrected chi connectivity index (χ3v) is 3.34. The fourth-order valence-corrected chi connectivity index (χ4v) is 2.13. The minimum Gasteiger partial charge on any atom is -0.746 e. The molecule has 0 aliphatic heterocycles. The number of alkyl halides is 1. The summed E-state index contributed by atoms with van der Waals surface area (Å²) < 4.78 is 31.4.